The standard InChI is InChI=1S/3C13H14O6.3C12H12O6/c1-6(2)9(14)18-13-5-7-3-8(13)12(4-7,10(15)16)11(17)19-13;1-5(2)10(14)18-9-6-3-7-8(4-6)13(9,12(16)17)19-11(7)15;1-4(2)12(16)18-9-5-3-6-8(7(5)11(14)15)13(17)19-10(6)9;1-2-8(13)17-12-5-6-3-7(12)11(4-6,9(14)15)10(16)18-12;1-2-8(13)17-9-5-3-6-7(4-5)12(9,11(15)16)18-10(6)14;1-2-6(13)17-9-4-3-5-8(7(4)11(14)15)12(16)18-10(5)9/h7-8H,1,3-5H2,2H3,(H,15,16);6-9H,1,3-4H2,2H3,(H,16,17);5-10H,1,3H2,2H3,(H,14,15);2,6-7H,1,3-5H2,(H,14,15);2,5-7,9H,1,3-4H2,(H,15,16);2,4-5,7-10H,1,3H2,(H,14,15). The Kier molecular flexibility index (Phi) is 19.1. The van der Waals surface area contributed by atoms with Crippen molar-refractivity contribution in [3.63, 3.8) is 0 Å². The maximum absolute atomic E-state index is 12.0. The van der Waals surface area contributed by atoms with Gasteiger partial charge in [0.25, 0.3) is 11.6 Å². The van der Waals surface area contributed by atoms with Crippen LogP contribution in [0.5, 0.6) is 0 Å². The van der Waals surface area contributed by atoms with Crippen LogP contribution in [0.3, 0.4) is 0 Å². The minimum atomic E-state index is -1.68. The predicted octanol–water partition coefficient (Wildman–Crippen LogP) is 2.30. The Labute approximate surface area is 628 Å². The van der Waals surface area contributed by atoms with Gasteiger partial charge in [-0.25, -0.2) is 38.4 Å². The van der Waals surface area contributed by atoms with Crippen molar-refractivity contribution < 1.29 is 174 Å². The summed E-state index contributed by atoms with van der Waals surface area (Å²) in [6, 6.07) is 0. The highest BCUT2D eigenvalue weighted by Crippen LogP contribution is 2.70. The van der Waals surface area contributed by atoms with Gasteiger partial charge in [0.1, 0.15) is 24.4 Å². The fraction of sp³-hybridized carbons (Fsp3) is 0.600. The average molecular weight is 1560 g/mol. The summed E-state index contributed by atoms with van der Waals surface area (Å²) < 4.78 is 62.2. The van der Waals surface area contributed by atoms with E-state index < -0.39 is 213 Å². The van der Waals surface area contributed by atoms with E-state index in [2.05, 4.69) is 39.5 Å². The third-order valence-electron chi connectivity index (χ3n) is 26.3. The van der Waals surface area contributed by atoms with Gasteiger partial charge >= 0.3 is 107 Å². The minimum Gasteiger partial charge on any atom is -0.481 e. The molecule has 30 atom stereocenters. The lowest BCUT2D eigenvalue weighted by Gasteiger charge is -2.33. The summed E-state index contributed by atoms with van der Waals surface area (Å²) in [5.74, 6) is -23.5. The second kappa shape index (κ2) is 27.1. The van der Waals surface area contributed by atoms with Gasteiger partial charge in [0, 0.05) is 95.1 Å². The van der Waals surface area contributed by atoms with Crippen LogP contribution in [-0.2, 0) is 143 Å². The first-order valence-corrected chi connectivity index (χ1v) is 36.0. The number of fused-ring (bicyclic) bond motifs is 6. The molecule has 36 heteroatoms. The van der Waals surface area contributed by atoms with E-state index in [4.69, 9.17) is 56.8 Å². The normalized spacial score (nSPS) is 42.8. The van der Waals surface area contributed by atoms with E-state index in [0.29, 0.717) is 64.2 Å². The molecule has 0 amide bonds. The van der Waals surface area contributed by atoms with E-state index in [0.717, 1.165) is 18.2 Å². The van der Waals surface area contributed by atoms with Crippen LogP contribution in [0.1, 0.15) is 97.8 Å². The molecule has 111 heavy (non-hydrogen) atoms. The Hall–Kier alpha value is -11.1. The lowest BCUT2D eigenvalue weighted by atomic mass is 9.73. The first-order valence-electron chi connectivity index (χ1n) is 36.0. The van der Waals surface area contributed by atoms with Crippen LogP contribution in [0, 0.1) is 117 Å². The molecular formula is C75H78O36. The number of ether oxygens (including phenoxy) is 12. The topological polar surface area (TPSA) is 539 Å². The first-order chi connectivity index (χ1) is 52.1. The van der Waals surface area contributed by atoms with Crippen molar-refractivity contribution in [3.05, 3.63) is 74.4 Å². The number of hydrogen-bond acceptors (Lipinski definition) is 30. The van der Waals surface area contributed by atoms with E-state index in [1.54, 1.807) is 0 Å². The van der Waals surface area contributed by atoms with Crippen molar-refractivity contribution in [1.29, 1.82) is 0 Å². The van der Waals surface area contributed by atoms with Gasteiger partial charge in [0.05, 0.1) is 47.3 Å². The third-order valence-corrected chi connectivity index (χ3v) is 26.3. The summed E-state index contributed by atoms with van der Waals surface area (Å²) in [7, 11) is 0. The summed E-state index contributed by atoms with van der Waals surface area (Å²) in [5, 5.41) is 56.0. The monoisotopic (exact) mass is 1550 g/mol. The highest BCUT2D eigenvalue weighted by molar-refractivity contribution is 6.04. The van der Waals surface area contributed by atoms with Crippen LogP contribution in [-0.4, -0.2) is 197 Å². The Bertz CT molecular complexity index is 4310. The molecule has 12 aliphatic carbocycles. The zero-order valence-electron chi connectivity index (χ0n) is 59.7. The maximum atomic E-state index is 12.0. The number of carboxylic acid groups (broad SMARTS) is 6. The second-order valence-corrected chi connectivity index (χ2v) is 31.9. The molecule has 18 rings (SSSR count). The van der Waals surface area contributed by atoms with Crippen LogP contribution in [0.15, 0.2) is 74.4 Å². The van der Waals surface area contributed by atoms with Crippen molar-refractivity contribution in [3.8, 4) is 0 Å². The van der Waals surface area contributed by atoms with Gasteiger partial charge in [0.2, 0.25) is 11.2 Å². The summed E-state index contributed by atoms with van der Waals surface area (Å²) in [6.07, 6.45) is 4.64. The summed E-state index contributed by atoms with van der Waals surface area (Å²) in [6.45, 7) is 24.8. The van der Waals surface area contributed by atoms with Crippen molar-refractivity contribution in [2.24, 2.45) is 117 Å². The molecule has 12 bridgehead atoms. The van der Waals surface area contributed by atoms with Gasteiger partial charge in [-0.2, -0.15) is 0 Å². The Balaban J connectivity index is 0.000000117. The lowest BCUT2D eigenvalue weighted by molar-refractivity contribution is -0.221. The minimum absolute atomic E-state index is 0.0467. The number of carbonyl (C=O) groups excluding carboxylic acids is 12. The number of carboxylic acids is 6. The molecular weight excluding hydrogens is 1480 g/mol. The van der Waals surface area contributed by atoms with Gasteiger partial charge < -0.3 is 87.5 Å². The molecule has 6 N–H and O–H groups in total. The molecule has 36 nitrogen and oxygen atoms in total. The van der Waals surface area contributed by atoms with Crippen LogP contribution < -0.4 is 0 Å². The summed E-state index contributed by atoms with van der Waals surface area (Å²) in [5.41, 5.74) is -5.78. The maximum Gasteiger partial charge on any atom is 0.352 e. The fourth-order valence-electron chi connectivity index (χ4n) is 22.3. The average Bonchev–Trinajstić information content (AvgIpc) is 1.52. The van der Waals surface area contributed by atoms with E-state index in [9.17, 15) is 117 Å². The van der Waals surface area contributed by atoms with Gasteiger partial charge in [0.15, 0.2) is 23.0 Å². The van der Waals surface area contributed by atoms with Gasteiger partial charge in [-0.3, -0.25) is 47.9 Å². The van der Waals surface area contributed by atoms with Crippen molar-refractivity contribution >= 4 is 107 Å². The molecule has 12 saturated carbocycles. The number of carbonyl (C=O) groups is 18. The van der Waals surface area contributed by atoms with E-state index in [1.165, 1.54) is 20.8 Å². The van der Waals surface area contributed by atoms with Crippen molar-refractivity contribution in [2.75, 3.05) is 0 Å². The van der Waals surface area contributed by atoms with Crippen LogP contribution in [0.4, 0.5) is 0 Å². The lowest BCUT2D eigenvalue weighted by Crippen LogP contribution is -2.54. The molecule has 18 fully saturated rings. The number of rotatable bonds is 18. The zero-order valence-corrected chi connectivity index (χ0v) is 59.7. The molecule has 0 aromatic rings. The van der Waals surface area contributed by atoms with E-state index >= 15 is 0 Å². The van der Waals surface area contributed by atoms with Crippen LogP contribution in [0.2, 0.25) is 0 Å². The molecule has 0 spiro atoms. The SMILES string of the molecule is C=C(C)C(=O)OC12CC3CC1C(C(=O)O)(C3)C(=O)O2.C=C(C)C(=O)OC1C2CC3C(=O)OC1(C(=O)O)C3C2.C=C(C)C(=O)OC1C2CC3C1OC(=O)C3C2C(=O)O.C=CC(=O)OC12CC3CC1C(C(=O)O)(C3)C(=O)O2.C=CC(=O)OC1C2CC3C(=O)OC1(C(=O)O)C3C2.C=CC(=O)OC1C2CC3C1OC(=O)C3C2C(=O)O. The quantitative estimate of drug-likeness (QED) is 0.0496. The zero-order chi connectivity index (χ0) is 81.1. The van der Waals surface area contributed by atoms with Crippen molar-refractivity contribution in [1.82, 2.24) is 0 Å². The Morgan fingerprint density at radius 2 is 0.793 bits per heavy atom. The molecule has 6 aliphatic heterocycles. The largest absolute Gasteiger partial charge is 0.481 e. The van der Waals surface area contributed by atoms with E-state index in [-0.39, 0.29) is 101 Å². The summed E-state index contributed by atoms with van der Waals surface area (Å²) in [4.78, 5) is 208. The predicted molar refractivity (Wildman–Crippen MR) is 351 cm³/mol. The number of hydrogen-bond donors (Lipinski definition) is 6. The molecule has 594 valence electrons. The molecule has 0 aromatic heterocycles. The van der Waals surface area contributed by atoms with Gasteiger partial charge in [-0.1, -0.05) is 39.5 Å². The molecule has 0 radical (unpaired) electrons. The fourth-order valence-corrected chi connectivity index (χ4v) is 22.3. The van der Waals surface area contributed by atoms with Gasteiger partial charge in [-0.15, -0.1) is 0 Å². The highest BCUT2D eigenvalue weighted by atomic mass is 16.8. The first kappa shape index (κ1) is 78.0. The number of esters is 12. The molecule has 30 unspecified atom stereocenters. The number of aliphatic carboxylic acids is 6. The van der Waals surface area contributed by atoms with E-state index in [1.807, 2.05) is 0 Å². The second-order valence-electron chi connectivity index (χ2n) is 31.9. The smallest absolute Gasteiger partial charge is 0.352 e. The Morgan fingerprint density at radius 1 is 0.414 bits per heavy atom. The third kappa shape index (κ3) is 11.4. The van der Waals surface area contributed by atoms with Crippen LogP contribution >= 0.6 is 0 Å². The Morgan fingerprint density at radius 3 is 1.16 bits per heavy atom. The van der Waals surface area contributed by atoms with Gasteiger partial charge in [-0.05, 0) is 96.8 Å². The highest BCUT2D eigenvalue weighted by Gasteiger charge is 2.82. The molecule has 18 aliphatic rings. The molecule has 0 aromatic carbocycles. The van der Waals surface area contributed by atoms with Crippen LogP contribution in [0.25, 0.3) is 0 Å². The molecule has 6 heterocycles. The molecule has 6 saturated heterocycles. The summed E-state index contributed by atoms with van der Waals surface area (Å²) >= 11 is 0. The van der Waals surface area contributed by atoms with Crippen molar-refractivity contribution in [2.45, 2.75) is 157 Å².